The van der Waals surface area contributed by atoms with Gasteiger partial charge in [-0.05, 0) is 18.9 Å². The summed E-state index contributed by atoms with van der Waals surface area (Å²) in [5.74, 6) is 0.844. The number of hydrogen-bond acceptors (Lipinski definition) is 1. The summed E-state index contributed by atoms with van der Waals surface area (Å²) >= 11 is 0. The zero-order chi connectivity index (χ0) is 9.23. The predicted octanol–water partition coefficient (Wildman–Crippen LogP) is 3.75. The van der Waals surface area contributed by atoms with E-state index in [1.807, 2.05) is 0 Å². The molecule has 0 aliphatic heterocycles. The lowest BCUT2D eigenvalue weighted by atomic mass is 9.99. The molecule has 2 heteroatoms. The second-order valence-electron chi connectivity index (χ2n) is 3.89. The molecule has 0 aromatic carbocycles. The molecule has 0 aromatic heterocycles. The molecule has 0 aromatic rings. The van der Waals surface area contributed by atoms with Crippen LogP contribution < -0.4 is 5.73 Å². The molecule has 0 bridgehead atoms. The van der Waals surface area contributed by atoms with Crippen LogP contribution in [0.2, 0.25) is 0 Å². The Labute approximate surface area is 89.9 Å². The van der Waals surface area contributed by atoms with E-state index in [-0.39, 0.29) is 12.4 Å². The van der Waals surface area contributed by atoms with Crippen LogP contribution in [0.5, 0.6) is 0 Å². The molecule has 0 rings (SSSR count). The van der Waals surface area contributed by atoms with Gasteiger partial charge in [0.1, 0.15) is 0 Å². The molecule has 1 unspecified atom stereocenters. The highest BCUT2D eigenvalue weighted by Gasteiger charge is 1.99. The molecule has 2 N–H and O–H groups in total. The Hall–Kier alpha value is 0.250. The highest BCUT2D eigenvalue weighted by molar-refractivity contribution is 5.85. The Morgan fingerprint density at radius 3 is 2.15 bits per heavy atom. The van der Waals surface area contributed by atoms with Crippen LogP contribution in [0, 0.1) is 5.92 Å². The third-order valence-corrected chi connectivity index (χ3v) is 2.46. The molecule has 82 valence electrons. The minimum absolute atomic E-state index is 0. The standard InChI is InChI=1S/C11H25N.ClH/c1-3-4-5-6-7-8-11(2)9-10-12;/h11H,3-10,12H2,1-2H3;1H. The van der Waals surface area contributed by atoms with Crippen LogP contribution in [0.1, 0.15) is 58.8 Å². The van der Waals surface area contributed by atoms with Gasteiger partial charge in [0.05, 0.1) is 0 Å². The van der Waals surface area contributed by atoms with Gasteiger partial charge in [-0.3, -0.25) is 0 Å². The molecule has 0 heterocycles. The first-order valence-electron chi connectivity index (χ1n) is 5.51. The SMILES string of the molecule is CCCCCCCC(C)CCN.Cl. The van der Waals surface area contributed by atoms with Crippen molar-refractivity contribution in [2.75, 3.05) is 6.54 Å². The van der Waals surface area contributed by atoms with Crippen molar-refractivity contribution >= 4 is 12.4 Å². The monoisotopic (exact) mass is 207 g/mol. The van der Waals surface area contributed by atoms with Gasteiger partial charge in [0.2, 0.25) is 0 Å². The number of unbranched alkanes of at least 4 members (excludes halogenated alkanes) is 4. The van der Waals surface area contributed by atoms with E-state index in [1.54, 1.807) is 0 Å². The summed E-state index contributed by atoms with van der Waals surface area (Å²) in [4.78, 5) is 0. The van der Waals surface area contributed by atoms with E-state index in [1.165, 1.54) is 44.9 Å². The first-order valence-corrected chi connectivity index (χ1v) is 5.51. The summed E-state index contributed by atoms with van der Waals surface area (Å²) in [5.41, 5.74) is 5.48. The molecule has 13 heavy (non-hydrogen) atoms. The Balaban J connectivity index is 0. The van der Waals surface area contributed by atoms with Crippen molar-refractivity contribution in [1.29, 1.82) is 0 Å². The van der Waals surface area contributed by atoms with Gasteiger partial charge in [0.25, 0.3) is 0 Å². The van der Waals surface area contributed by atoms with Gasteiger partial charge in [-0.1, -0.05) is 52.4 Å². The molecule has 0 aliphatic carbocycles. The third kappa shape index (κ3) is 12.2. The zero-order valence-corrected chi connectivity index (χ0v) is 10.0. The fraction of sp³-hybridized carbons (Fsp3) is 1.00. The van der Waals surface area contributed by atoms with Crippen LogP contribution in [0.25, 0.3) is 0 Å². The Kier molecular flexibility index (Phi) is 14.8. The lowest BCUT2D eigenvalue weighted by molar-refractivity contribution is 0.463. The van der Waals surface area contributed by atoms with E-state index < -0.39 is 0 Å². The molecule has 1 nitrogen and oxygen atoms in total. The maximum Gasteiger partial charge on any atom is -0.00747 e. The third-order valence-electron chi connectivity index (χ3n) is 2.46. The highest BCUT2D eigenvalue weighted by Crippen LogP contribution is 2.13. The van der Waals surface area contributed by atoms with E-state index in [4.69, 9.17) is 5.73 Å². The van der Waals surface area contributed by atoms with Gasteiger partial charge in [-0.25, -0.2) is 0 Å². The Morgan fingerprint density at radius 1 is 1.00 bits per heavy atom. The van der Waals surface area contributed by atoms with Crippen molar-refractivity contribution in [3.8, 4) is 0 Å². The molecule has 1 atom stereocenters. The summed E-state index contributed by atoms with van der Waals surface area (Å²) in [6, 6.07) is 0. The fourth-order valence-electron chi connectivity index (χ4n) is 1.53. The number of halogens is 1. The van der Waals surface area contributed by atoms with Gasteiger partial charge < -0.3 is 5.73 Å². The van der Waals surface area contributed by atoms with Crippen molar-refractivity contribution in [3.05, 3.63) is 0 Å². The van der Waals surface area contributed by atoms with Crippen LogP contribution in [0.3, 0.4) is 0 Å². The van der Waals surface area contributed by atoms with Crippen molar-refractivity contribution in [2.24, 2.45) is 11.7 Å². The maximum atomic E-state index is 5.48. The maximum absolute atomic E-state index is 5.48. The molecule has 0 saturated carbocycles. The van der Waals surface area contributed by atoms with Crippen molar-refractivity contribution < 1.29 is 0 Å². The van der Waals surface area contributed by atoms with Crippen LogP contribution in [0.4, 0.5) is 0 Å². The molecular weight excluding hydrogens is 182 g/mol. The largest absolute Gasteiger partial charge is 0.330 e. The summed E-state index contributed by atoms with van der Waals surface area (Å²) in [7, 11) is 0. The average Bonchev–Trinajstić information content (AvgIpc) is 2.05. The van der Waals surface area contributed by atoms with Crippen LogP contribution in [0.15, 0.2) is 0 Å². The van der Waals surface area contributed by atoms with Gasteiger partial charge in [0, 0.05) is 0 Å². The molecule has 0 aliphatic rings. The number of nitrogens with two attached hydrogens (primary N) is 1. The van der Waals surface area contributed by atoms with Gasteiger partial charge in [0.15, 0.2) is 0 Å². The lowest BCUT2D eigenvalue weighted by Gasteiger charge is -2.08. The first-order chi connectivity index (χ1) is 5.81. The zero-order valence-electron chi connectivity index (χ0n) is 9.22. The Bertz CT molecular complexity index is 86.2. The minimum atomic E-state index is 0. The lowest BCUT2D eigenvalue weighted by Crippen LogP contribution is -2.05. The Morgan fingerprint density at radius 2 is 1.62 bits per heavy atom. The molecule has 0 radical (unpaired) electrons. The van der Waals surface area contributed by atoms with E-state index in [0.717, 1.165) is 12.5 Å². The number of hydrogen-bond donors (Lipinski definition) is 1. The molecule has 0 amide bonds. The molecule has 0 spiro atoms. The first kappa shape index (κ1) is 15.7. The molecule has 0 fully saturated rings. The topological polar surface area (TPSA) is 26.0 Å². The van der Waals surface area contributed by atoms with E-state index in [2.05, 4.69) is 13.8 Å². The second-order valence-corrected chi connectivity index (χ2v) is 3.89. The van der Waals surface area contributed by atoms with Crippen LogP contribution in [-0.2, 0) is 0 Å². The summed E-state index contributed by atoms with van der Waals surface area (Å²) in [5, 5.41) is 0. The van der Waals surface area contributed by atoms with Crippen LogP contribution in [-0.4, -0.2) is 6.54 Å². The second kappa shape index (κ2) is 12.2. The van der Waals surface area contributed by atoms with E-state index in [0.29, 0.717) is 0 Å². The van der Waals surface area contributed by atoms with E-state index >= 15 is 0 Å². The predicted molar refractivity (Wildman–Crippen MR) is 63.5 cm³/mol. The summed E-state index contributed by atoms with van der Waals surface area (Å²) < 4.78 is 0. The molecular formula is C11H26ClN. The van der Waals surface area contributed by atoms with Gasteiger partial charge >= 0.3 is 0 Å². The normalized spacial score (nSPS) is 12.2. The molecule has 0 saturated heterocycles. The summed E-state index contributed by atoms with van der Waals surface area (Å²) in [6.45, 7) is 5.43. The minimum Gasteiger partial charge on any atom is -0.330 e. The van der Waals surface area contributed by atoms with Crippen LogP contribution >= 0.6 is 12.4 Å². The van der Waals surface area contributed by atoms with E-state index in [9.17, 15) is 0 Å². The number of rotatable bonds is 8. The van der Waals surface area contributed by atoms with Crippen molar-refractivity contribution in [1.82, 2.24) is 0 Å². The smallest absolute Gasteiger partial charge is 0.00747 e. The highest BCUT2D eigenvalue weighted by atomic mass is 35.5. The average molecular weight is 208 g/mol. The summed E-state index contributed by atoms with van der Waals surface area (Å²) in [6.07, 6.45) is 9.58. The fourth-order valence-corrected chi connectivity index (χ4v) is 1.53. The van der Waals surface area contributed by atoms with Gasteiger partial charge in [-0.15, -0.1) is 12.4 Å². The quantitative estimate of drug-likeness (QED) is 0.603. The van der Waals surface area contributed by atoms with Crippen molar-refractivity contribution in [3.63, 3.8) is 0 Å². The van der Waals surface area contributed by atoms with Crippen molar-refractivity contribution in [2.45, 2.75) is 58.8 Å². The van der Waals surface area contributed by atoms with Gasteiger partial charge in [-0.2, -0.15) is 0 Å².